The molecule has 0 spiro atoms. The number of hydrogen-bond donors (Lipinski definition) is 0. The zero-order valence-electron chi connectivity index (χ0n) is 11.5. The van der Waals surface area contributed by atoms with E-state index < -0.39 is 10.0 Å². The van der Waals surface area contributed by atoms with Gasteiger partial charge in [-0.05, 0) is 51.1 Å². The van der Waals surface area contributed by atoms with Gasteiger partial charge in [0, 0.05) is 19.6 Å². The number of rotatable bonds is 5. The van der Waals surface area contributed by atoms with Gasteiger partial charge in [-0.25, -0.2) is 12.7 Å². The fourth-order valence-electron chi connectivity index (χ4n) is 3.09. The summed E-state index contributed by atoms with van der Waals surface area (Å²) in [6.45, 7) is 7.07. The molecule has 0 unspecified atom stereocenters. The average molecular weight is 274 g/mol. The van der Waals surface area contributed by atoms with Gasteiger partial charge in [-0.2, -0.15) is 0 Å². The lowest BCUT2D eigenvalue weighted by atomic mass is 9.98. The van der Waals surface area contributed by atoms with Crippen LogP contribution >= 0.6 is 0 Å². The van der Waals surface area contributed by atoms with Crippen molar-refractivity contribution in [2.75, 3.05) is 38.5 Å². The summed E-state index contributed by atoms with van der Waals surface area (Å²) in [5.41, 5.74) is 0. The molecule has 2 heterocycles. The normalized spacial score (nSPS) is 24.7. The maximum atomic E-state index is 12.0. The van der Waals surface area contributed by atoms with E-state index in [0.29, 0.717) is 11.7 Å². The SMILES string of the molecule is CCCS(=O)(=O)N1CCC(CN2CCCC2)CC1. The minimum absolute atomic E-state index is 0.309. The van der Waals surface area contributed by atoms with Crippen molar-refractivity contribution in [2.24, 2.45) is 5.92 Å². The van der Waals surface area contributed by atoms with Crippen molar-refractivity contribution in [3.8, 4) is 0 Å². The fourth-order valence-corrected chi connectivity index (χ4v) is 4.63. The molecule has 0 bridgehead atoms. The highest BCUT2D eigenvalue weighted by atomic mass is 32.2. The average Bonchev–Trinajstić information content (AvgIpc) is 2.82. The third kappa shape index (κ3) is 3.68. The number of piperidine rings is 1. The zero-order valence-corrected chi connectivity index (χ0v) is 12.3. The van der Waals surface area contributed by atoms with Gasteiger partial charge in [0.05, 0.1) is 5.75 Å². The van der Waals surface area contributed by atoms with E-state index in [1.807, 2.05) is 6.92 Å². The maximum absolute atomic E-state index is 12.0. The Hall–Kier alpha value is -0.130. The zero-order chi connectivity index (χ0) is 13.0. The van der Waals surface area contributed by atoms with E-state index in [1.54, 1.807) is 4.31 Å². The predicted octanol–water partition coefficient (Wildman–Crippen LogP) is 1.53. The topological polar surface area (TPSA) is 40.6 Å². The molecule has 2 aliphatic heterocycles. The minimum Gasteiger partial charge on any atom is -0.303 e. The second-order valence-corrected chi connectivity index (χ2v) is 7.75. The van der Waals surface area contributed by atoms with E-state index in [1.165, 1.54) is 32.5 Å². The Morgan fingerprint density at radius 2 is 1.67 bits per heavy atom. The van der Waals surface area contributed by atoms with E-state index in [2.05, 4.69) is 4.90 Å². The predicted molar refractivity (Wildman–Crippen MR) is 74.0 cm³/mol. The molecular weight excluding hydrogens is 248 g/mol. The minimum atomic E-state index is -2.96. The van der Waals surface area contributed by atoms with Gasteiger partial charge in [-0.3, -0.25) is 0 Å². The molecule has 0 atom stereocenters. The van der Waals surface area contributed by atoms with Gasteiger partial charge < -0.3 is 4.90 Å². The molecule has 2 aliphatic rings. The van der Waals surface area contributed by atoms with Gasteiger partial charge in [-0.15, -0.1) is 0 Å². The fraction of sp³-hybridized carbons (Fsp3) is 1.00. The lowest BCUT2D eigenvalue weighted by molar-refractivity contribution is 0.206. The molecule has 0 radical (unpaired) electrons. The first-order valence-electron chi connectivity index (χ1n) is 7.32. The van der Waals surface area contributed by atoms with Crippen molar-refractivity contribution in [3.05, 3.63) is 0 Å². The molecule has 0 aromatic heterocycles. The summed E-state index contributed by atoms with van der Waals surface area (Å²) in [6.07, 6.45) is 5.47. The van der Waals surface area contributed by atoms with Gasteiger partial charge in [0.25, 0.3) is 0 Å². The van der Waals surface area contributed by atoms with Gasteiger partial charge in [0.2, 0.25) is 10.0 Å². The van der Waals surface area contributed by atoms with Crippen LogP contribution in [0.25, 0.3) is 0 Å². The third-order valence-electron chi connectivity index (χ3n) is 4.14. The summed E-state index contributed by atoms with van der Waals surface area (Å²) in [6, 6.07) is 0. The number of hydrogen-bond acceptors (Lipinski definition) is 3. The van der Waals surface area contributed by atoms with Crippen LogP contribution in [-0.4, -0.2) is 56.1 Å². The molecule has 4 nitrogen and oxygen atoms in total. The van der Waals surface area contributed by atoms with Crippen LogP contribution in [0.15, 0.2) is 0 Å². The highest BCUT2D eigenvalue weighted by Gasteiger charge is 2.28. The van der Waals surface area contributed by atoms with Crippen molar-refractivity contribution in [3.63, 3.8) is 0 Å². The molecule has 2 saturated heterocycles. The van der Waals surface area contributed by atoms with Crippen molar-refractivity contribution in [1.29, 1.82) is 0 Å². The van der Waals surface area contributed by atoms with Gasteiger partial charge >= 0.3 is 0 Å². The second kappa shape index (κ2) is 6.35. The van der Waals surface area contributed by atoms with E-state index in [4.69, 9.17) is 0 Å². The van der Waals surface area contributed by atoms with Crippen molar-refractivity contribution < 1.29 is 8.42 Å². The molecule has 106 valence electrons. The number of likely N-dealkylation sites (tertiary alicyclic amines) is 1. The maximum Gasteiger partial charge on any atom is 0.214 e. The summed E-state index contributed by atoms with van der Waals surface area (Å²) in [7, 11) is -2.96. The van der Waals surface area contributed by atoms with Crippen LogP contribution in [0.5, 0.6) is 0 Å². The highest BCUT2D eigenvalue weighted by Crippen LogP contribution is 2.22. The van der Waals surface area contributed by atoms with Crippen LogP contribution in [0.2, 0.25) is 0 Å². The largest absolute Gasteiger partial charge is 0.303 e. The van der Waals surface area contributed by atoms with E-state index >= 15 is 0 Å². The quantitative estimate of drug-likeness (QED) is 0.763. The molecular formula is C13H26N2O2S. The molecule has 0 aliphatic carbocycles. The standard InChI is InChI=1S/C13H26N2O2S/c1-2-11-18(16,17)15-9-5-13(6-10-15)12-14-7-3-4-8-14/h13H,2-12H2,1H3. The van der Waals surface area contributed by atoms with Crippen LogP contribution in [0, 0.1) is 5.92 Å². The smallest absolute Gasteiger partial charge is 0.214 e. The summed E-state index contributed by atoms with van der Waals surface area (Å²) >= 11 is 0. The van der Waals surface area contributed by atoms with Crippen LogP contribution < -0.4 is 0 Å². The lowest BCUT2D eigenvalue weighted by Crippen LogP contribution is -2.42. The van der Waals surface area contributed by atoms with Gasteiger partial charge in [-0.1, -0.05) is 6.92 Å². The molecule has 0 amide bonds. The Morgan fingerprint density at radius 1 is 1.06 bits per heavy atom. The molecule has 0 aromatic rings. The Balaban J connectivity index is 1.77. The third-order valence-corrected chi connectivity index (χ3v) is 6.22. The molecule has 0 N–H and O–H groups in total. The highest BCUT2D eigenvalue weighted by molar-refractivity contribution is 7.89. The first-order valence-corrected chi connectivity index (χ1v) is 8.93. The summed E-state index contributed by atoms with van der Waals surface area (Å²) in [4.78, 5) is 2.54. The van der Waals surface area contributed by atoms with E-state index in [-0.39, 0.29) is 0 Å². The van der Waals surface area contributed by atoms with Crippen molar-refractivity contribution in [1.82, 2.24) is 9.21 Å². The first kappa shape index (κ1) is 14.3. The first-order chi connectivity index (χ1) is 8.62. The van der Waals surface area contributed by atoms with Crippen LogP contribution in [0.3, 0.4) is 0 Å². The molecule has 5 heteroatoms. The summed E-state index contributed by atoms with van der Waals surface area (Å²) in [5.74, 6) is 1.01. The van der Waals surface area contributed by atoms with Crippen molar-refractivity contribution >= 4 is 10.0 Å². The van der Waals surface area contributed by atoms with E-state index in [0.717, 1.165) is 32.4 Å². The van der Waals surface area contributed by atoms with Crippen LogP contribution in [-0.2, 0) is 10.0 Å². The van der Waals surface area contributed by atoms with Gasteiger partial charge in [0.15, 0.2) is 0 Å². The lowest BCUT2D eigenvalue weighted by Gasteiger charge is -2.33. The van der Waals surface area contributed by atoms with Gasteiger partial charge in [0.1, 0.15) is 0 Å². The van der Waals surface area contributed by atoms with Crippen LogP contribution in [0.1, 0.15) is 39.0 Å². The molecule has 2 fully saturated rings. The summed E-state index contributed by atoms with van der Waals surface area (Å²) < 4.78 is 25.6. The monoisotopic (exact) mass is 274 g/mol. The second-order valence-electron chi connectivity index (χ2n) is 5.67. The Bertz CT molecular complexity index is 342. The Kier molecular flexibility index (Phi) is 5.04. The molecule has 2 rings (SSSR count). The Morgan fingerprint density at radius 3 is 2.22 bits per heavy atom. The summed E-state index contributed by atoms with van der Waals surface area (Å²) in [5, 5.41) is 0. The molecule has 0 saturated carbocycles. The molecule has 0 aromatic carbocycles. The molecule has 18 heavy (non-hydrogen) atoms. The van der Waals surface area contributed by atoms with Crippen LogP contribution in [0.4, 0.5) is 0 Å². The number of sulfonamides is 1. The Labute approximate surface area is 111 Å². The van der Waals surface area contributed by atoms with E-state index in [9.17, 15) is 8.42 Å². The van der Waals surface area contributed by atoms with Crippen molar-refractivity contribution in [2.45, 2.75) is 39.0 Å². The number of nitrogens with zero attached hydrogens (tertiary/aromatic N) is 2.